The summed E-state index contributed by atoms with van der Waals surface area (Å²) in [6.45, 7) is 3.79. The van der Waals surface area contributed by atoms with E-state index in [-0.39, 0.29) is 18.3 Å². The van der Waals surface area contributed by atoms with Gasteiger partial charge >= 0.3 is 0 Å². The highest BCUT2D eigenvalue weighted by Crippen LogP contribution is 2.26. The van der Waals surface area contributed by atoms with Gasteiger partial charge in [-0.25, -0.2) is 4.63 Å². The van der Waals surface area contributed by atoms with Gasteiger partial charge < -0.3 is 10.1 Å². The molecule has 6 nitrogen and oxygen atoms in total. The first-order chi connectivity index (χ1) is 12.0. The van der Waals surface area contributed by atoms with E-state index in [1.165, 1.54) is 0 Å². The van der Waals surface area contributed by atoms with Crippen LogP contribution in [0.3, 0.4) is 0 Å². The van der Waals surface area contributed by atoms with E-state index in [1.807, 2.05) is 32.0 Å². The monoisotopic (exact) mass is 357 g/mol. The zero-order chi connectivity index (χ0) is 17.8. The molecule has 0 aliphatic heterocycles. The number of carbonyl (C=O) groups is 1. The molecule has 0 spiro atoms. The highest BCUT2D eigenvalue weighted by molar-refractivity contribution is 6.30. The van der Waals surface area contributed by atoms with Crippen molar-refractivity contribution >= 4 is 23.3 Å². The lowest BCUT2D eigenvalue weighted by molar-refractivity contribution is -0.118. The molecule has 128 valence electrons. The van der Waals surface area contributed by atoms with Crippen molar-refractivity contribution in [1.29, 1.82) is 0 Å². The lowest BCUT2D eigenvalue weighted by atomic mass is 10.1. The summed E-state index contributed by atoms with van der Waals surface area (Å²) in [5.74, 6) is 0.551. The smallest absolute Gasteiger partial charge is 0.263 e. The van der Waals surface area contributed by atoms with Gasteiger partial charge in [0.15, 0.2) is 12.3 Å². The third kappa shape index (κ3) is 3.97. The van der Waals surface area contributed by atoms with E-state index in [0.717, 1.165) is 16.7 Å². The van der Waals surface area contributed by atoms with Gasteiger partial charge in [-0.1, -0.05) is 35.9 Å². The number of anilines is 1. The van der Waals surface area contributed by atoms with E-state index >= 15 is 0 Å². The van der Waals surface area contributed by atoms with E-state index in [0.29, 0.717) is 16.5 Å². The minimum absolute atomic E-state index is 0.142. The Morgan fingerprint density at radius 1 is 1.16 bits per heavy atom. The molecule has 0 atom stereocenters. The molecule has 1 amide bonds. The van der Waals surface area contributed by atoms with E-state index in [2.05, 4.69) is 15.6 Å². The number of rotatable bonds is 5. The third-order valence-corrected chi connectivity index (χ3v) is 4.03. The summed E-state index contributed by atoms with van der Waals surface area (Å²) in [5.41, 5.74) is 3.26. The fraction of sp³-hybridized carbons (Fsp3) is 0.167. The van der Waals surface area contributed by atoms with Gasteiger partial charge in [0.2, 0.25) is 5.82 Å². The normalized spacial score (nSPS) is 10.5. The Bertz CT molecular complexity index is 891. The molecule has 3 rings (SSSR count). The minimum atomic E-state index is -0.355. The van der Waals surface area contributed by atoms with Crippen LogP contribution in [-0.2, 0) is 4.79 Å². The first-order valence-corrected chi connectivity index (χ1v) is 8.00. The van der Waals surface area contributed by atoms with Crippen LogP contribution >= 0.6 is 11.6 Å². The van der Waals surface area contributed by atoms with Crippen molar-refractivity contribution < 1.29 is 14.2 Å². The summed E-state index contributed by atoms with van der Waals surface area (Å²) in [5, 5.41) is 10.8. The number of benzene rings is 2. The fourth-order valence-corrected chi connectivity index (χ4v) is 2.39. The molecule has 0 aliphatic carbocycles. The Balaban J connectivity index is 1.67. The maximum absolute atomic E-state index is 12.2. The average molecular weight is 358 g/mol. The van der Waals surface area contributed by atoms with Gasteiger partial charge in [0, 0.05) is 10.6 Å². The number of hydrogen-bond acceptors (Lipinski definition) is 5. The second-order valence-electron chi connectivity index (χ2n) is 5.50. The van der Waals surface area contributed by atoms with Crippen LogP contribution in [0.25, 0.3) is 11.3 Å². The van der Waals surface area contributed by atoms with Crippen molar-refractivity contribution in [1.82, 2.24) is 10.3 Å². The van der Waals surface area contributed by atoms with Crippen LogP contribution in [0.2, 0.25) is 5.02 Å². The summed E-state index contributed by atoms with van der Waals surface area (Å²) in [6.07, 6.45) is 0. The summed E-state index contributed by atoms with van der Waals surface area (Å²) in [7, 11) is 0. The Labute approximate surface area is 149 Å². The van der Waals surface area contributed by atoms with Crippen molar-refractivity contribution in [2.24, 2.45) is 0 Å². The average Bonchev–Trinajstić information content (AvgIpc) is 3.05. The van der Waals surface area contributed by atoms with Gasteiger partial charge in [-0.05, 0) is 53.5 Å². The number of nitrogens with one attached hydrogen (secondary N) is 1. The first kappa shape index (κ1) is 17.0. The van der Waals surface area contributed by atoms with Crippen LogP contribution in [0.15, 0.2) is 47.1 Å². The largest absolute Gasteiger partial charge is 0.483 e. The minimum Gasteiger partial charge on any atom is -0.483 e. The maximum atomic E-state index is 12.2. The fourth-order valence-electron chi connectivity index (χ4n) is 2.26. The van der Waals surface area contributed by atoms with Crippen molar-refractivity contribution in [2.45, 2.75) is 13.8 Å². The second kappa shape index (κ2) is 7.36. The highest BCUT2D eigenvalue weighted by Gasteiger charge is 2.15. The lowest BCUT2D eigenvalue weighted by Crippen LogP contribution is -2.21. The van der Waals surface area contributed by atoms with Crippen LogP contribution in [0.4, 0.5) is 5.82 Å². The highest BCUT2D eigenvalue weighted by atomic mass is 35.5. The Morgan fingerprint density at radius 2 is 1.92 bits per heavy atom. The molecule has 0 saturated heterocycles. The molecule has 0 unspecified atom stereocenters. The molecule has 0 aliphatic rings. The van der Waals surface area contributed by atoms with Crippen molar-refractivity contribution in [3.8, 4) is 17.0 Å². The summed E-state index contributed by atoms with van der Waals surface area (Å²) in [4.78, 5) is 12.2. The lowest BCUT2D eigenvalue weighted by Gasteiger charge is -2.10. The molecule has 0 saturated carbocycles. The molecule has 3 aromatic rings. The topological polar surface area (TPSA) is 77.2 Å². The van der Waals surface area contributed by atoms with Crippen LogP contribution in [0.1, 0.15) is 11.1 Å². The quantitative estimate of drug-likeness (QED) is 0.746. The van der Waals surface area contributed by atoms with Crippen LogP contribution < -0.4 is 10.1 Å². The molecule has 25 heavy (non-hydrogen) atoms. The van der Waals surface area contributed by atoms with E-state index in [4.69, 9.17) is 21.0 Å². The Hall–Kier alpha value is -2.86. The van der Waals surface area contributed by atoms with Crippen LogP contribution in [-0.4, -0.2) is 22.8 Å². The van der Waals surface area contributed by atoms with Crippen molar-refractivity contribution in [3.05, 3.63) is 58.6 Å². The van der Waals surface area contributed by atoms with E-state index < -0.39 is 0 Å². The Morgan fingerprint density at radius 3 is 2.68 bits per heavy atom. The number of aromatic nitrogens is 2. The van der Waals surface area contributed by atoms with E-state index in [9.17, 15) is 4.79 Å². The molecule has 2 aromatic carbocycles. The maximum Gasteiger partial charge on any atom is 0.263 e. The van der Waals surface area contributed by atoms with Gasteiger partial charge in [0.1, 0.15) is 5.75 Å². The molecule has 1 N–H and O–H groups in total. The van der Waals surface area contributed by atoms with Crippen molar-refractivity contribution in [2.75, 3.05) is 11.9 Å². The summed E-state index contributed by atoms with van der Waals surface area (Å²) < 4.78 is 10.3. The standard InChI is InChI=1S/C18H16ClN3O3/c1-11-4-3-5-15(12(11)2)24-10-16(23)20-18-17(21-25-22-18)13-6-8-14(19)9-7-13/h3-9H,10H2,1-2H3,(H,20,22,23). The second-order valence-corrected chi connectivity index (χ2v) is 5.94. The number of halogens is 1. The zero-order valence-electron chi connectivity index (χ0n) is 13.7. The summed E-state index contributed by atoms with van der Waals surface area (Å²) >= 11 is 5.87. The molecule has 0 fully saturated rings. The van der Waals surface area contributed by atoms with Gasteiger partial charge in [0.25, 0.3) is 5.91 Å². The molecule has 0 bridgehead atoms. The van der Waals surface area contributed by atoms with Gasteiger partial charge in [-0.3, -0.25) is 4.79 Å². The Kier molecular flexibility index (Phi) is 5.00. The number of aryl methyl sites for hydroxylation is 1. The third-order valence-electron chi connectivity index (χ3n) is 3.78. The number of nitrogens with zero attached hydrogens (tertiary/aromatic N) is 2. The number of ether oxygens (including phenoxy) is 1. The predicted molar refractivity (Wildman–Crippen MR) is 94.8 cm³/mol. The first-order valence-electron chi connectivity index (χ1n) is 7.62. The SMILES string of the molecule is Cc1cccc(OCC(=O)Nc2nonc2-c2ccc(Cl)cc2)c1C. The van der Waals surface area contributed by atoms with Gasteiger partial charge in [-0.2, -0.15) is 0 Å². The van der Waals surface area contributed by atoms with E-state index in [1.54, 1.807) is 24.3 Å². The molecule has 7 heteroatoms. The molecular weight excluding hydrogens is 342 g/mol. The summed E-state index contributed by atoms with van der Waals surface area (Å²) in [6, 6.07) is 12.7. The zero-order valence-corrected chi connectivity index (χ0v) is 14.5. The number of carbonyl (C=O) groups excluding carboxylic acids is 1. The van der Waals surface area contributed by atoms with Gasteiger partial charge in [-0.15, -0.1) is 0 Å². The molecular formula is C18H16ClN3O3. The molecule has 1 heterocycles. The van der Waals surface area contributed by atoms with Crippen LogP contribution in [0, 0.1) is 13.8 Å². The van der Waals surface area contributed by atoms with Crippen molar-refractivity contribution in [3.63, 3.8) is 0 Å². The predicted octanol–water partition coefficient (Wildman–Crippen LogP) is 4.02. The van der Waals surface area contributed by atoms with Gasteiger partial charge in [0.05, 0.1) is 0 Å². The number of hydrogen-bond donors (Lipinski definition) is 1. The number of amides is 1. The molecule has 1 aromatic heterocycles. The molecule has 0 radical (unpaired) electrons. The van der Waals surface area contributed by atoms with Crippen LogP contribution in [0.5, 0.6) is 5.75 Å².